The smallest absolute Gasteiger partial charge is 0.252 e. The molecule has 1 N–H and O–H groups in total. The number of sulfonamides is 1. The summed E-state index contributed by atoms with van der Waals surface area (Å²) in [5.74, 6) is 0.152. The van der Waals surface area contributed by atoms with E-state index in [9.17, 15) is 13.2 Å². The normalized spacial score (nSPS) is 17.1. The maximum Gasteiger partial charge on any atom is 0.252 e. The minimum Gasteiger partial charge on any atom is -0.339 e. The lowest BCUT2D eigenvalue weighted by Gasteiger charge is -2.30. The molecule has 0 spiro atoms. The number of carbonyl (C=O) groups excluding carboxylic acids is 1. The number of thiophene rings is 1. The molecule has 4 rings (SSSR count). The van der Waals surface area contributed by atoms with Gasteiger partial charge in [0.25, 0.3) is 10.0 Å². The van der Waals surface area contributed by atoms with E-state index in [-0.39, 0.29) is 16.7 Å². The lowest BCUT2D eigenvalue weighted by molar-refractivity contribution is -0.120. The number of hydrogen-bond donors (Lipinski definition) is 1. The molecule has 1 saturated heterocycles. The summed E-state index contributed by atoms with van der Waals surface area (Å²) < 4.78 is 33.1. The van der Waals surface area contributed by atoms with Crippen molar-refractivity contribution in [2.75, 3.05) is 18.4 Å². The van der Waals surface area contributed by atoms with E-state index in [1.54, 1.807) is 35.7 Å². The maximum atomic E-state index is 13.2. The first-order valence-corrected chi connectivity index (χ1v) is 12.5. The van der Waals surface area contributed by atoms with Crippen LogP contribution in [0.25, 0.3) is 11.4 Å². The van der Waals surface area contributed by atoms with Crippen molar-refractivity contribution in [1.82, 2.24) is 14.4 Å². The minimum absolute atomic E-state index is 0.111. The highest BCUT2D eigenvalue weighted by molar-refractivity contribution is 7.91. The second-order valence-electron chi connectivity index (χ2n) is 7.40. The molecular formula is C21H21N5O4S2. The molecule has 166 valence electrons. The molecule has 0 radical (unpaired) electrons. The summed E-state index contributed by atoms with van der Waals surface area (Å²) in [4.78, 5) is 17.0. The zero-order chi connectivity index (χ0) is 22.7. The van der Waals surface area contributed by atoms with Gasteiger partial charge in [-0.1, -0.05) is 12.1 Å². The van der Waals surface area contributed by atoms with Crippen LogP contribution in [0.3, 0.4) is 0 Å². The van der Waals surface area contributed by atoms with Crippen LogP contribution in [0.4, 0.5) is 5.69 Å². The van der Waals surface area contributed by atoms with Crippen LogP contribution in [0, 0.1) is 17.2 Å². The summed E-state index contributed by atoms with van der Waals surface area (Å²) in [6.07, 6.45) is 1.79. The first-order valence-electron chi connectivity index (χ1n) is 10.1. The summed E-state index contributed by atoms with van der Waals surface area (Å²) in [6, 6.07) is 10.1. The van der Waals surface area contributed by atoms with Gasteiger partial charge < -0.3 is 9.84 Å². The van der Waals surface area contributed by atoms with Gasteiger partial charge in [0, 0.05) is 36.1 Å². The number of rotatable bonds is 6. The highest BCUT2D eigenvalue weighted by Gasteiger charge is 2.34. The van der Waals surface area contributed by atoms with Gasteiger partial charge in [-0.2, -0.15) is 14.6 Å². The molecule has 32 heavy (non-hydrogen) atoms. The van der Waals surface area contributed by atoms with Gasteiger partial charge in [0.05, 0.1) is 17.6 Å². The van der Waals surface area contributed by atoms with Crippen LogP contribution in [0.15, 0.2) is 44.4 Å². The zero-order valence-electron chi connectivity index (χ0n) is 17.3. The molecule has 3 heterocycles. The van der Waals surface area contributed by atoms with Gasteiger partial charge in [0.15, 0.2) is 0 Å². The van der Waals surface area contributed by atoms with E-state index in [1.165, 1.54) is 4.31 Å². The number of benzene rings is 1. The van der Waals surface area contributed by atoms with Gasteiger partial charge >= 0.3 is 0 Å². The molecule has 1 fully saturated rings. The lowest BCUT2D eigenvalue weighted by atomic mass is 9.98. The molecule has 0 bridgehead atoms. The van der Waals surface area contributed by atoms with E-state index in [0.29, 0.717) is 54.3 Å². The number of hydrogen-bond acceptors (Lipinski definition) is 8. The number of carbonyl (C=O) groups is 1. The van der Waals surface area contributed by atoms with E-state index in [4.69, 9.17) is 9.78 Å². The quantitative estimate of drug-likeness (QED) is 0.584. The van der Waals surface area contributed by atoms with Crippen molar-refractivity contribution in [3.63, 3.8) is 0 Å². The number of piperidine rings is 1. The second kappa shape index (κ2) is 9.20. The monoisotopic (exact) mass is 471 g/mol. The predicted octanol–water partition coefficient (Wildman–Crippen LogP) is 3.27. The Bertz CT molecular complexity index is 1260. The molecule has 1 atom stereocenters. The van der Waals surface area contributed by atoms with Gasteiger partial charge in [-0.3, -0.25) is 4.79 Å². The second-order valence-corrected chi connectivity index (χ2v) is 10.5. The Hall–Kier alpha value is -3.07. The van der Waals surface area contributed by atoms with E-state index < -0.39 is 15.9 Å². The van der Waals surface area contributed by atoms with Gasteiger partial charge in [-0.15, -0.1) is 11.3 Å². The molecule has 0 saturated carbocycles. The Labute approximate surface area is 189 Å². The summed E-state index contributed by atoms with van der Waals surface area (Å²) in [5.41, 5.74) is 1.66. The third-order valence-corrected chi connectivity index (χ3v) is 8.52. The van der Waals surface area contributed by atoms with Gasteiger partial charge in [0.2, 0.25) is 17.6 Å². The molecule has 1 aliphatic heterocycles. The topological polar surface area (TPSA) is 129 Å². The van der Waals surface area contributed by atoms with Gasteiger partial charge in [0.1, 0.15) is 4.21 Å². The minimum atomic E-state index is -3.75. The van der Waals surface area contributed by atoms with Crippen LogP contribution in [0.1, 0.15) is 31.2 Å². The third-order valence-electron chi connectivity index (χ3n) is 5.23. The molecule has 11 heteroatoms. The summed E-state index contributed by atoms with van der Waals surface area (Å²) in [5, 5.41) is 17.3. The zero-order valence-corrected chi connectivity index (χ0v) is 18.9. The number of nitrogens with one attached hydrogen (secondary N) is 1. The number of nitrogens with zero attached hydrogens (tertiary/aromatic N) is 4. The highest BCUT2D eigenvalue weighted by Crippen LogP contribution is 2.31. The number of nitriles is 1. The Morgan fingerprint density at radius 3 is 2.84 bits per heavy atom. The Kier molecular flexibility index (Phi) is 6.36. The van der Waals surface area contributed by atoms with Crippen molar-refractivity contribution < 1.29 is 17.7 Å². The van der Waals surface area contributed by atoms with Crippen LogP contribution in [-0.2, 0) is 21.2 Å². The van der Waals surface area contributed by atoms with Crippen molar-refractivity contribution in [3.8, 4) is 17.5 Å². The summed E-state index contributed by atoms with van der Waals surface area (Å²) in [7, 11) is -3.75. The van der Waals surface area contributed by atoms with Crippen molar-refractivity contribution in [3.05, 3.63) is 47.2 Å². The first-order chi connectivity index (χ1) is 15.4. The van der Waals surface area contributed by atoms with Gasteiger partial charge in [-0.25, -0.2) is 8.42 Å². The van der Waals surface area contributed by atoms with Crippen molar-refractivity contribution in [1.29, 1.82) is 5.26 Å². The fraction of sp³-hybridized carbons (Fsp3) is 0.333. The van der Waals surface area contributed by atoms with Crippen molar-refractivity contribution in [2.45, 2.75) is 30.4 Å². The molecule has 1 aromatic carbocycles. The third kappa shape index (κ3) is 4.57. The Morgan fingerprint density at radius 1 is 1.38 bits per heavy atom. The predicted molar refractivity (Wildman–Crippen MR) is 118 cm³/mol. The van der Waals surface area contributed by atoms with Crippen LogP contribution in [0.5, 0.6) is 0 Å². The van der Waals surface area contributed by atoms with E-state index >= 15 is 0 Å². The number of aryl methyl sites for hydroxylation is 1. The average Bonchev–Trinajstić information content (AvgIpc) is 3.49. The lowest BCUT2D eigenvalue weighted by Crippen LogP contribution is -2.43. The molecular weight excluding hydrogens is 450 g/mol. The van der Waals surface area contributed by atoms with E-state index in [2.05, 4.69) is 15.5 Å². The van der Waals surface area contributed by atoms with Gasteiger partial charge in [-0.05, 0) is 43.2 Å². The molecule has 1 amide bonds. The largest absolute Gasteiger partial charge is 0.339 e. The fourth-order valence-electron chi connectivity index (χ4n) is 3.46. The molecule has 3 aromatic rings. The number of aromatic nitrogens is 2. The average molecular weight is 472 g/mol. The fourth-order valence-corrected chi connectivity index (χ4v) is 6.29. The first kappa shape index (κ1) is 22.1. The van der Waals surface area contributed by atoms with Crippen LogP contribution >= 0.6 is 11.3 Å². The van der Waals surface area contributed by atoms with E-state index in [1.807, 2.05) is 13.0 Å². The van der Waals surface area contributed by atoms with Crippen LogP contribution in [0.2, 0.25) is 0 Å². The summed E-state index contributed by atoms with van der Waals surface area (Å²) in [6.45, 7) is 2.36. The number of anilines is 1. The van der Waals surface area contributed by atoms with Crippen LogP contribution in [-0.4, -0.2) is 41.9 Å². The standard InChI is InChI=1S/C21H21N5O4S2/c1-2-18-24-20(25-30-18)16-10-19(31-13-16)32(28,29)26-9-3-4-15(12-26)21(27)23-17-7-5-14(11-22)6-8-17/h5-8,10,13,15H,2-4,9,12H2,1H3,(H,23,27). The van der Waals surface area contributed by atoms with E-state index in [0.717, 1.165) is 11.3 Å². The molecule has 1 aliphatic rings. The SMILES string of the molecule is CCc1nc(-c2csc(S(=O)(=O)N3CCCC(C(=O)Nc4ccc(C#N)cc4)C3)c2)no1. The Morgan fingerprint density at radius 2 is 2.16 bits per heavy atom. The highest BCUT2D eigenvalue weighted by atomic mass is 32.2. The van der Waals surface area contributed by atoms with Crippen molar-refractivity contribution >= 4 is 33.0 Å². The molecule has 2 aromatic heterocycles. The molecule has 0 aliphatic carbocycles. The molecule has 9 nitrogen and oxygen atoms in total. The van der Waals surface area contributed by atoms with Crippen LogP contribution < -0.4 is 5.32 Å². The summed E-state index contributed by atoms with van der Waals surface area (Å²) >= 11 is 1.10. The molecule has 1 unspecified atom stereocenters. The van der Waals surface area contributed by atoms with Crippen molar-refractivity contribution in [2.24, 2.45) is 5.92 Å². The maximum absolute atomic E-state index is 13.2. The number of amides is 1. The Balaban J connectivity index is 1.46.